The second kappa shape index (κ2) is 6.29. The van der Waals surface area contributed by atoms with Gasteiger partial charge in [-0.3, -0.25) is 9.36 Å². The van der Waals surface area contributed by atoms with E-state index >= 15 is 0 Å². The monoisotopic (exact) mass is 277 g/mol. The molecule has 0 aliphatic heterocycles. The third-order valence-electron chi connectivity index (χ3n) is 2.63. The molecular weight excluding hydrogens is 262 g/mol. The minimum Gasteiger partial charge on any atom is -0.352 e. The maximum atomic E-state index is 11.8. The highest BCUT2D eigenvalue weighted by Crippen LogP contribution is 2.08. The van der Waals surface area contributed by atoms with E-state index in [2.05, 4.69) is 15.7 Å². The van der Waals surface area contributed by atoms with Gasteiger partial charge < -0.3 is 5.32 Å². The fourth-order valence-electron chi connectivity index (χ4n) is 1.80. The van der Waals surface area contributed by atoms with Gasteiger partial charge in [-0.15, -0.1) is 0 Å². The molecule has 0 radical (unpaired) electrons. The van der Waals surface area contributed by atoms with Crippen LogP contribution >= 0.6 is 11.3 Å². The van der Waals surface area contributed by atoms with Crippen molar-refractivity contribution in [3.63, 3.8) is 0 Å². The van der Waals surface area contributed by atoms with Gasteiger partial charge in [0.15, 0.2) is 0 Å². The molecule has 0 aliphatic carbocycles. The van der Waals surface area contributed by atoms with E-state index in [9.17, 15) is 9.59 Å². The summed E-state index contributed by atoms with van der Waals surface area (Å²) < 4.78 is 1.28. The number of carbonyl (C=O) groups excluding carboxylic acids is 1. The molecule has 2 heterocycles. The Kier molecular flexibility index (Phi) is 4.46. The number of aromatic nitrogens is 2. The van der Waals surface area contributed by atoms with Crippen LogP contribution in [-0.4, -0.2) is 21.5 Å². The average Bonchev–Trinajstić information content (AvgIpc) is 2.84. The van der Waals surface area contributed by atoms with Gasteiger partial charge >= 0.3 is 5.69 Å². The molecule has 0 saturated heterocycles. The molecule has 2 rings (SSSR count). The van der Waals surface area contributed by atoms with Gasteiger partial charge in [0.1, 0.15) is 6.54 Å². The molecule has 0 aromatic carbocycles. The Balaban J connectivity index is 1.87. The van der Waals surface area contributed by atoms with E-state index in [-0.39, 0.29) is 18.5 Å². The minimum atomic E-state index is -0.414. The van der Waals surface area contributed by atoms with Crippen molar-refractivity contribution >= 4 is 17.2 Å². The first-order valence-electron chi connectivity index (χ1n) is 5.97. The zero-order valence-electron chi connectivity index (χ0n) is 10.6. The van der Waals surface area contributed by atoms with Crippen molar-refractivity contribution in [3.8, 4) is 0 Å². The zero-order valence-corrected chi connectivity index (χ0v) is 11.4. The van der Waals surface area contributed by atoms with E-state index in [1.165, 1.54) is 16.3 Å². The highest BCUT2D eigenvalue weighted by molar-refractivity contribution is 7.07. The van der Waals surface area contributed by atoms with E-state index < -0.39 is 5.69 Å². The lowest BCUT2D eigenvalue weighted by Gasteiger charge is -2.13. The second-order valence-corrected chi connectivity index (χ2v) is 5.11. The molecule has 19 heavy (non-hydrogen) atoms. The van der Waals surface area contributed by atoms with Gasteiger partial charge in [0.25, 0.3) is 0 Å². The highest BCUT2D eigenvalue weighted by Gasteiger charge is 2.09. The molecule has 2 aromatic rings. The first-order valence-corrected chi connectivity index (χ1v) is 6.91. The molecule has 2 aromatic heterocycles. The van der Waals surface area contributed by atoms with E-state index in [0.717, 1.165) is 6.42 Å². The number of amides is 1. The first kappa shape index (κ1) is 13.5. The fraction of sp³-hybridized carbons (Fsp3) is 0.308. The summed E-state index contributed by atoms with van der Waals surface area (Å²) in [5.74, 6) is -0.183. The molecule has 5 nitrogen and oxygen atoms in total. The summed E-state index contributed by atoms with van der Waals surface area (Å²) in [5, 5.41) is 6.95. The maximum Gasteiger partial charge on any atom is 0.347 e. The van der Waals surface area contributed by atoms with Crippen LogP contribution in [0.25, 0.3) is 0 Å². The van der Waals surface area contributed by atoms with Gasteiger partial charge in [-0.25, -0.2) is 9.78 Å². The lowest BCUT2D eigenvalue weighted by atomic mass is 10.1. The molecule has 0 saturated carbocycles. The van der Waals surface area contributed by atoms with Crippen LogP contribution in [0.15, 0.2) is 40.1 Å². The number of hydrogen-bond acceptors (Lipinski definition) is 4. The molecule has 0 fully saturated rings. The number of carbonyl (C=O) groups is 1. The predicted molar refractivity (Wildman–Crippen MR) is 74.1 cm³/mol. The molecule has 6 heteroatoms. The van der Waals surface area contributed by atoms with Gasteiger partial charge in [0, 0.05) is 18.4 Å². The van der Waals surface area contributed by atoms with Gasteiger partial charge in [0.05, 0.1) is 0 Å². The first-order chi connectivity index (χ1) is 9.15. The van der Waals surface area contributed by atoms with Crippen LogP contribution in [0, 0.1) is 0 Å². The highest BCUT2D eigenvalue weighted by atomic mass is 32.1. The number of hydrogen-bond donors (Lipinski definition) is 1. The van der Waals surface area contributed by atoms with Crippen molar-refractivity contribution in [2.75, 3.05) is 0 Å². The summed E-state index contributed by atoms with van der Waals surface area (Å²) in [6.07, 6.45) is 3.76. The van der Waals surface area contributed by atoms with E-state index in [0.29, 0.717) is 0 Å². The molecule has 1 N–H and O–H groups in total. The summed E-state index contributed by atoms with van der Waals surface area (Å²) in [7, 11) is 0. The lowest BCUT2D eigenvalue weighted by Crippen LogP contribution is -2.38. The summed E-state index contributed by atoms with van der Waals surface area (Å²) in [6, 6.07) is 3.71. The van der Waals surface area contributed by atoms with Crippen molar-refractivity contribution in [1.29, 1.82) is 0 Å². The van der Waals surface area contributed by atoms with Crippen LogP contribution in [0.5, 0.6) is 0 Å². The van der Waals surface area contributed by atoms with Crippen LogP contribution in [0.1, 0.15) is 12.5 Å². The normalized spacial score (nSPS) is 12.1. The zero-order chi connectivity index (χ0) is 13.7. The third kappa shape index (κ3) is 4.03. The molecule has 1 amide bonds. The largest absolute Gasteiger partial charge is 0.352 e. The molecule has 0 aliphatic rings. The van der Waals surface area contributed by atoms with Crippen LogP contribution in [0.3, 0.4) is 0 Å². The van der Waals surface area contributed by atoms with Crippen molar-refractivity contribution in [1.82, 2.24) is 14.9 Å². The van der Waals surface area contributed by atoms with Crippen LogP contribution in [0.4, 0.5) is 0 Å². The van der Waals surface area contributed by atoms with Crippen molar-refractivity contribution in [2.24, 2.45) is 0 Å². The predicted octanol–water partition coefficient (Wildman–Crippen LogP) is 1.05. The summed E-state index contributed by atoms with van der Waals surface area (Å²) in [6.45, 7) is 1.95. The lowest BCUT2D eigenvalue weighted by molar-refractivity contribution is -0.122. The SMILES string of the molecule is C[C@H](Cc1ccsc1)NC(=O)Cn1cccnc1=O. The molecule has 1 atom stereocenters. The Bertz CT molecular complexity index is 592. The van der Waals surface area contributed by atoms with Crippen molar-refractivity contribution in [2.45, 2.75) is 25.9 Å². The molecular formula is C13H15N3O2S. The molecule has 0 bridgehead atoms. The summed E-state index contributed by atoms with van der Waals surface area (Å²) in [4.78, 5) is 26.8. The van der Waals surface area contributed by atoms with E-state index in [1.807, 2.05) is 18.4 Å². The minimum absolute atomic E-state index is 0.000645. The molecule has 100 valence electrons. The topological polar surface area (TPSA) is 64.0 Å². The standard InChI is InChI=1S/C13H15N3O2S/c1-10(7-11-3-6-19-9-11)15-12(17)8-16-5-2-4-14-13(16)18/h2-6,9-10H,7-8H2,1H3,(H,15,17)/t10-/m1/s1. The van der Waals surface area contributed by atoms with Crippen LogP contribution in [0.2, 0.25) is 0 Å². The molecule has 0 unspecified atom stereocenters. The van der Waals surface area contributed by atoms with Gasteiger partial charge in [-0.05, 0) is 41.8 Å². The van der Waals surface area contributed by atoms with Gasteiger partial charge in [0.2, 0.25) is 5.91 Å². The Hall–Kier alpha value is -1.95. The maximum absolute atomic E-state index is 11.8. The molecule has 0 spiro atoms. The second-order valence-electron chi connectivity index (χ2n) is 4.33. The smallest absolute Gasteiger partial charge is 0.347 e. The van der Waals surface area contributed by atoms with E-state index in [1.54, 1.807) is 23.6 Å². The average molecular weight is 277 g/mol. The third-order valence-corrected chi connectivity index (χ3v) is 3.36. The Labute approximate surface area is 114 Å². The quantitative estimate of drug-likeness (QED) is 0.888. The van der Waals surface area contributed by atoms with Crippen LogP contribution in [-0.2, 0) is 17.8 Å². The van der Waals surface area contributed by atoms with Gasteiger partial charge in [-0.1, -0.05) is 0 Å². The number of nitrogens with one attached hydrogen (secondary N) is 1. The fourth-order valence-corrected chi connectivity index (χ4v) is 2.48. The van der Waals surface area contributed by atoms with Crippen LogP contribution < -0.4 is 11.0 Å². The summed E-state index contributed by atoms with van der Waals surface area (Å²) >= 11 is 1.64. The number of nitrogens with zero attached hydrogens (tertiary/aromatic N) is 2. The summed E-state index contributed by atoms with van der Waals surface area (Å²) in [5.41, 5.74) is 0.791. The van der Waals surface area contributed by atoms with Crippen molar-refractivity contribution in [3.05, 3.63) is 51.3 Å². The van der Waals surface area contributed by atoms with E-state index in [4.69, 9.17) is 0 Å². The number of thiophene rings is 1. The van der Waals surface area contributed by atoms with Gasteiger partial charge in [-0.2, -0.15) is 11.3 Å². The number of rotatable bonds is 5. The Morgan fingerprint density at radius 3 is 3.11 bits per heavy atom. The van der Waals surface area contributed by atoms with Crippen molar-refractivity contribution < 1.29 is 4.79 Å². The Morgan fingerprint density at radius 1 is 1.58 bits per heavy atom. The Morgan fingerprint density at radius 2 is 2.42 bits per heavy atom.